The van der Waals surface area contributed by atoms with E-state index in [1.165, 1.54) is 0 Å². The van der Waals surface area contributed by atoms with Gasteiger partial charge in [-0.05, 0) is 37.6 Å². The lowest BCUT2D eigenvalue weighted by atomic mass is 10.2. The van der Waals surface area contributed by atoms with Crippen LogP contribution in [0.25, 0.3) is 11.3 Å². The first kappa shape index (κ1) is 17.9. The van der Waals surface area contributed by atoms with Gasteiger partial charge in [-0.3, -0.25) is 10.1 Å². The Morgan fingerprint density at radius 1 is 1.26 bits per heavy atom. The summed E-state index contributed by atoms with van der Waals surface area (Å²) < 4.78 is 5.78. The fourth-order valence-electron chi connectivity index (χ4n) is 2.06. The number of carbonyl (C=O) groups excluding carboxylic acids is 1. The molecule has 0 fully saturated rings. The number of furan rings is 1. The van der Waals surface area contributed by atoms with Gasteiger partial charge in [-0.25, -0.2) is 0 Å². The first-order valence-electron chi connectivity index (χ1n) is 7.57. The van der Waals surface area contributed by atoms with Gasteiger partial charge < -0.3 is 9.73 Å². The number of hydrogen-bond acceptors (Lipinski definition) is 3. The molecule has 1 heterocycles. The molecule has 0 aliphatic carbocycles. The van der Waals surface area contributed by atoms with Gasteiger partial charge in [-0.1, -0.05) is 36.2 Å². The number of halogens is 2. The van der Waals surface area contributed by atoms with Crippen LogP contribution in [0.15, 0.2) is 34.7 Å². The Balaban J connectivity index is 1.97. The van der Waals surface area contributed by atoms with Crippen molar-refractivity contribution < 1.29 is 9.21 Å². The minimum Gasteiger partial charge on any atom is -0.460 e. The van der Waals surface area contributed by atoms with Gasteiger partial charge in [0, 0.05) is 12.1 Å². The summed E-state index contributed by atoms with van der Waals surface area (Å²) in [5.74, 6) is 1.36. The third-order valence-electron chi connectivity index (χ3n) is 3.40. The van der Waals surface area contributed by atoms with Crippen molar-refractivity contribution in [3.05, 3.63) is 46.1 Å². The minimum atomic E-state index is -0.287. The van der Waals surface area contributed by atoms with Crippen LogP contribution in [0.5, 0.6) is 0 Å². The number of benzene rings is 1. The zero-order valence-corrected chi connectivity index (χ0v) is 14.7. The number of nitrogens with one attached hydrogen (secondary N) is 2. The van der Waals surface area contributed by atoms with E-state index in [-0.39, 0.29) is 11.9 Å². The maximum Gasteiger partial charge on any atom is 0.236 e. The van der Waals surface area contributed by atoms with E-state index in [0.717, 1.165) is 17.7 Å². The molecular weight excluding hydrogens is 335 g/mol. The van der Waals surface area contributed by atoms with Crippen LogP contribution in [0.2, 0.25) is 10.0 Å². The van der Waals surface area contributed by atoms with Crippen LogP contribution in [0.1, 0.15) is 26.0 Å². The lowest BCUT2D eigenvalue weighted by Gasteiger charge is -2.12. The normalized spacial score (nSPS) is 12.2. The number of hydrogen-bond donors (Lipinski definition) is 2. The Morgan fingerprint density at radius 2 is 2.04 bits per heavy atom. The first-order chi connectivity index (χ1) is 11.0. The molecule has 2 N–H and O–H groups in total. The number of rotatable bonds is 7. The average Bonchev–Trinajstić information content (AvgIpc) is 3.01. The van der Waals surface area contributed by atoms with Crippen molar-refractivity contribution in [2.24, 2.45) is 0 Å². The maximum atomic E-state index is 11.8. The number of carbonyl (C=O) groups is 1. The van der Waals surface area contributed by atoms with Gasteiger partial charge in [0.2, 0.25) is 5.91 Å². The highest BCUT2D eigenvalue weighted by molar-refractivity contribution is 6.43. The van der Waals surface area contributed by atoms with Crippen molar-refractivity contribution in [1.29, 1.82) is 0 Å². The lowest BCUT2D eigenvalue weighted by molar-refractivity contribution is -0.122. The van der Waals surface area contributed by atoms with E-state index in [1.807, 2.05) is 38.1 Å². The van der Waals surface area contributed by atoms with Crippen LogP contribution in [0.4, 0.5) is 0 Å². The maximum absolute atomic E-state index is 11.8. The molecule has 6 heteroatoms. The van der Waals surface area contributed by atoms with Gasteiger partial charge in [-0.2, -0.15) is 0 Å². The SMILES string of the molecule is CCCNC(=O)C(C)NCc1ccc(-c2cccc(Cl)c2Cl)o1. The van der Waals surface area contributed by atoms with E-state index in [2.05, 4.69) is 10.6 Å². The highest BCUT2D eigenvalue weighted by Crippen LogP contribution is 2.34. The first-order valence-corrected chi connectivity index (χ1v) is 8.32. The molecule has 0 aliphatic rings. The molecule has 2 rings (SSSR count). The van der Waals surface area contributed by atoms with Gasteiger partial charge in [-0.15, -0.1) is 0 Å². The summed E-state index contributed by atoms with van der Waals surface area (Å²) in [6, 6.07) is 8.82. The van der Waals surface area contributed by atoms with Crippen molar-refractivity contribution in [3.8, 4) is 11.3 Å². The predicted molar refractivity (Wildman–Crippen MR) is 93.8 cm³/mol. The van der Waals surface area contributed by atoms with Gasteiger partial charge in [0.25, 0.3) is 0 Å². The summed E-state index contributed by atoms with van der Waals surface area (Å²) >= 11 is 12.2. The van der Waals surface area contributed by atoms with Crippen LogP contribution >= 0.6 is 23.2 Å². The van der Waals surface area contributed by atoms with Crippen molar-refractivity contribution in [2.45, 2.75) is 32.9 Å². The third kappa shape index (κ3) is 4.74. The van der Waals surface area contributed by atoms with Gasteiger partial charge in [0.15, 0.2) is 0 Å². The van der Waals surface area contributed by atoms with E-state index in [0.29, 0.717) is 28.9 Å². The molecule has 23 heavy (non-hydrogen) atoms. The van der Waals surface area contributed by atoms with Crippen LogP contribution in [-0.2, 0) is 11.3 Å². The van der Waals surface area contributed by atoms with E-state index in [9.17, 15) is 4.79 Å². The summed E-state index contributed by atoms with van der Waals surface area (Å²) in [4.78, 5) is 11.8. The smallest absolute Gasteiger partial charge is 0.236 e. The molecule has 0 radical (unpaired) electrons. The Morgan fingerprint density at radius 3 is 2.78 bits per heavy atom. The van der Waals surface area contributed by atoms with Crippen molar-refractivity contribution in [3.63, 3.8) is 0 Å². The molecule has 1 atom stereocenters. The number of amides is 1. The molecule has 0 saturated heterocycles. The van der Waals surface area contributed by atoms with Crippen molar-refractivity contribution >= 4 is 29.1 Å². The standard InChI is InChI=1S/C17H20Cl2N2O2/c1-3-9-20-17(22)11(2)21-10-12-7-8-15(23-12)13-5-4-6-14(18)16(13)19/h4-8,11,21H,3,9-10H2,1-2H3,(H,20,22). The lowest BCUT2D eigenvalue weighted by Crippen LogP contribution is -2.41. The fourth-order valence-corrected chi connectivity index (χ4v) is 2.45. The van der Waals surface area contributed by atoms with E-state index in [1.54, 1.807) is 6.07 Å². The Bertz CT molecular complexity index is 670. The Kier molecular flexibility index (Phi) is 6.51. The average molecular weight is 355 g/mol. The summed E-state index contributed by atoms with van der Waals surface area (Å²) in [7, 11) is 0. The third-order valence-corrected chi connectivity index (χ3v) is 4.22. The van der Waals surface area contributed by atoms with Crippen molar-refractivity contribution in [2.75, 3.05) is 6.54 Å². The highest BCUT2D eigenvalue weighted by atomic mass is 35.5. The van der Waals surface area contributed by atoms with Crippen LogP contribution in [-0.4, -0.2) is 18.5 Å². The van der Waals surface area contributed by atoms with Gasteiger partial charge >= 0.3 is 0 Å². The monoisotopic (exact) mass is 354 g/mol. The molecule has 124 valence electrons. The molecule has 4 nitrogen and oxygen atoms in total. The summed E-state index contributed by atoms with van der Waals surface area (Å²) in [6.45, 7) is 4.98. The summed E-state index contributed by atoms with van der Waals surface area (Å²) in [5, 5.41) is 6.94. The van der Waals surface area contributed by atoms with E-state index in [4.69, 9.17) is 27.6 Å². The second-order valence-electron chi connectivity index (χ2n) is 5.26. The van der Waals surface area contributed by atoms with Gasteiger partial charge in [0.05, 0.1) is 22.6 Å². The van der Waals surface area contributed by atoms with Crippen LogP contribution in [0.3, 0.4) is 0 Å². The zero-order chi connectivity index (χ0) is 16.8. The van der Waals surface area contributed by atoms with E-state index < -0.39 is 0 Å². The summed E-state index contributed by atoms with van der Waals surface area (Å²) in [5.41, 5.74) is 0.749. The molecule has 2 aromatic rings. The van der Waals surface area contributed by atoms with Crippen LogP contribution < -0.4 is 10.6 Å². The second-order valence-corrected chi connectivity index (χ2v) is 6.05. The van der Waals surface area contributed by atoms with Gasteiger partial charge in [0.1, 0.15) is 11.5 Å². The van der Waals surface area contributed by atoms with Crippen LogP contribution in [0, 0.1) is 0 Å². The second kappa shape index (κ2) is 8.39. The molecule has 0 spiro atoms. The molecular formula is C17H20Cl2N2O2. The molecule has 0 bridgehead atoms. The minimum absolute atomic E-state index is 0.0171. The topological polar surface area (TPSA) is 54.3 Å². The Labute approximate surface area is 146 Å². The predicted octanol–water partition coefficient (Wildman–Crippen LogP) is 4.26. The largest absolute Gasteiger partial charge is 0.460 e. The highest BCUT2D eigenvalue weighted by Gasteiger charge is 2.14. The molecule has 1 aromatic carbocycles. The molecule has 1 aromatic heterocycles. The summed E-state index contributed by atoms with van der Waals surface area (Å²) in [6.07, 6.45) is 0.917. The molecule has 1 unspecified atom stereocenters. The quantitative estimate of drug-likeness (QED) is 0.780. The molecule has 0 saturated carbocycles. The zero-order valence-electron chi connectivity index (χ0n) is 13.2. The fraction of sp³-hybridized carbons (Fsp3) is 0.353. The van der Waals surface area contributed by atoms with E-state index >= 15 is 0 Å². The van der Waals surface area contributed by atoms with Crippen molar-refractivity contribution in [1.82, 2.24) is 10.6 Å². The molecule has 0 aliphatic heterocycles. The Hall–Kier alpha value is -1.49. The molecule has 1 amide bonds.